The zero-order valence-corrected chi connectivity index (χ0v) is 17.1. The summed E-state index contributed by atoms with van der Waals surface area (Å²) < 4.78 is 298. The van der Waals surface area contributed by atoms with E-state index in [-0.39, 0.29) is 6.92 Å². The second-order valence-corrected chi connectivity index (χ2v) is 8.40. The molecule has 0 N–H and O–H groups in total. The van der Waals surface area contributed by atoms with E-state index in [1.165, 1.54) is 0 Å². The van der Waals surface area contributed by atoms with Gasteiger partial charge in [0.15, 0.2) is 0 Å². The van der Waals surface area contributed by atoms with Crippen LogP contribution >= 0.6 is 0 Å². The van der Waals surface area contributed by atoms with Gasteiger partial charge in [-0.05, 0) is 6.92 Å². The highest BCUT2D eigenvalue weighted by molar-refractivity contribution is 7.86. The fraction of sp³-hybridized carbons (Fsp3) is 1.00. The highest BCUT2D eigenvalue weighted by Crippen LogP contribution is 2.66. The Bertz CT molecular complexity index is 946. The lowest BCUT2D eigenvalue weighted by atomic mass is 9.87. The lowest BCUT2D eigenvalue weighted by Crippen LogP contribution is -2.77. The summed E-state index contributed by atoms with van der Waals surface area (Å²) in [5, 5.41) is 0. The third kappa shape index (κ3) is 4.63. The Kier molecular flexibility index (Phi) is 8.36. The summed E-state index contributed by atoms with van der Waals surface area (Å²) in [6.07, 6.45) is -15.7. The van der Waals surface area contributed by atoms with Gasteiger partial charge in [0.05, 0.1) is 5.75 Å². The number of halogens is 21. The molecular weight excluding hydrogens is 623 g/mol. The van der Waals surface area contributed by atoms with Crippen LogP contribution in [0.1, 0.15) is 6.92 Å². The monoisotopic (exact) mass is 628 g/mol. The average molecular weight is 628 g/mol. The van der Waals surface area contributed by atoms with Crippen molar-refractivity contribution in [3.8, 4) is 0 Å². The number of hydrogen-bond donors (Lipinski definition) is 0. The van der Waals surface area contributed by atoms with Gasteiger partial charge in [0, 0.05) is 0 Å². The van der Waals surface area contributed by atoms with Crippen molar-refractivity contribution in [2.24, 2.45) is 0 Å². The zero-order chi connectivity index (χ0) is 30.9. The highest BCUT2D eigenvalue weighted by atomic mass is 32.2. The van der Waals surface area contributed by atoms with Crippen LogP contribution < -0.4 is 0 Å². The van der Waals surface area contributed by atoms with Crippen molar-refractivity contribution in [3.05, 3.63) is 0 Å². The van der Waals surface area contributed by atoms with E-state index in [1.807, 2.05) is 0 Å². The van der Waals surface area contributed by atoms with Crippen LogP contribution in [0.5, 0.6) is 0 Å². The van der Waals surface area contributed by atoms with Gasteiger partial charge in [-0.25, -0.2) is 0 Å². The van der Waals surface area contributed by atoms with E-state index in [1.54, 1.807) is 0 Å². The van der Waals surface area contributed by atoms with Crippen LogP contribution in [0.25, 0.3) is 0 Å². The van der Waals surface area contributed by atoms with Crippen LogP contribution in [-0.2, 0) is 14.3 Å². The third-order valence-electron chi connectivity index (χ3n) is 4.07. The molecule has 0 saturated heterocycles. The minimum atomic E-state index is -9.30. The van der Waals surface area contributed by atoms with E-state index < -0.39 is 75.5 Å². The molecule has 0 heterocycles. The fourth-order valence-corrected chi connectivity index (χ4v) is 2.36. The first-order valence-electron chi connectivity index (χ1n) is 7.92. The van der Waals surface area contributed by atoms with Crippen molar-refractivity contribution >= 4 is 10.1 Å². The molecule has 0 rings (SSSR count). The Morgan fingerprint density at radius 3 is 0.865 bits per heavy atom. The van der Waals surface area contributed by atoms with E-state index in [0.717, 1.165) is 0 Å². The molecule has 0 amide bonds. The summed E-state index contributed by atoms with van der Waals surface area (Å²) in [6, 6.07) is 0. The van der Waals surface area contributed by atoms with Gasteiger partial charge in [-0.15, -0.1) is 0 Å². The second-order valence-electron chi connectivity index (χ2n) is 6.54. The van der Waals surface area contributed by atoms with E-state index >= 15 is 0 Å². The van der Waals surface area contributed by atoms with Crippen LogP contribution in [-0.4, -0.2) is 73.8 Å². The van der Waals surface area contributed by atoms with Gasteiger partial charge in [-0.3, -0.25) is 0 Å². The molecule has 0 fully saturated rings. The molecule has 0 unspecified atom stereocenters. The normalized spacial score (nSPS) is 16.8. The van der Waals surface area contributed by atoms with Gasteiger partial charge in [-0.2, -0.15) is 105 Å². The van der Waals surface area contributed by atoms with Crippen molar-refractivity contribution in [2.75, 3.05) is 5.75 Å². The van der Waals surface area contributed by atoms with Crippen molar-refractivity contribution in [3.63, 3.8) is 0 Å². The molecule has 224 valence electrons. The van der Waals surface area contributed by atoms with Crippen molar-refractivity contribution in [2.45, 2.75) is 66.6 Å². The van der Waals surface area contributed by atoms with Gasteiger partial charge in [0.25, 0.3) is 10.1 Å². The van der Waals surface area contributed by atoms with Gasteiger partial charge >= 0.3 is 59.7 Å². The fourth-order valence-electron chi connectivity index (χ4n) is 1.81. The average Bonchev–Trinajstić information content (AvgIpc) is 2.64. The predicted molar refractivity (Wildman–Crippen MR) is 71.1 cm³/mol. The molecule has 25 heteroatoms. The standard InChI is InChI=1S/C12H5F21O3S/c1-2-37(34,35)36-12(32,33)10(27,28)8(23,24)6(19,20)4(15,16)3(13,14)5(17,18)7(21,22)9(25,26)11(29,30)31/h2H2,1H3. The molecule has 0 spiro atoms. The maximum Gasteiger partial charge on any atom is 0.460 e. The topological polar surface area (TPSA) is 43.4 Å². The van der Waals surface area contributed by atoms with E-state index in [2.05, 4.69) is 4.18 Å². The molecular formula is C12H5F21O3S. The largest absolute Gasteiger partial charge is 0.460 e. The van der Waals surface area contributed by atoms with Crippen LogP contribution in [0.15, 0.2) is 0 Å². The van der Waals surface area contributed by atoms with E-state index in [0.29, 0.717) is 0 Å². The summed E-state index contributed by atoms with van der Waals surface area (Å²) in [5.74, 6) is -73.7. The quantitative estimate of drug-likeness (QED) is 0.192. The molecule has 0 atom stereocenters. The van der Waals surface area contributed by atoms with Crippen LogP contribution in [0.2, 0.25) is 0 Å². The molecule has 3 nitrogen and oxygen atoms in total. The highest BCUT2D eigenvalue weighted by Gasteiger charge is 2.98. The van der Waals surface area contributed by atoms with Crippen LogP contribution in [0, 0.1) is 0 Å². The van der Waals surface area contributed by atoms with Crippen molar-refractivity contribution in [1.82, 2.24) is 0 Å². The van der Waals surface area contributed by atoms with Gasteiger partial charge < -0.3 is 0 Å². The molecule has 0 bridgehead atoms. The summed E-state index contributed by atoms with van der Waals surface area (Å²) in [5.41, 5.74) is 0. The van der Waals surface area contributed by atoms with Crippen molar-refractivity contribution in [1.29, 1.82) is 0 Å². The summed E-state index contributed by atoms with van der Waals surface area (Å²) in [6.45, 7) is 0.212. The summed E-state index contributed by atoms with van der Waals surface area (Å²) in [7, 11) is -6.16. The van der Waals surface area contributed by atoms with Gasteiger partial charge in [-0.1, -0.05) is 0 Å². The van der Waals surface area contributed by atoms with Gasteiger partial charge in [0.1, 0.15) is 0 Å². The molecule has 0 radical (unpaired) electrons. The molecule has 0 aliphatic carbocycles. The Morgan fingerprint density at radius 2 is 0.649 bits per heavy atom. The Labute approximate surface area is 188 Å². The predicted octanol–water partition coefficient (Wildman–Crippen LogP) is 6.59. The lowest BCUT2D eigenvalue weighted by Gasteiger charge is -2.44. The summed E-state index contributed by atoms with van der Waals surface area (Å²) in [4.78, 5) is 0. The third-order valence-corrected chi connectivity index (χ3v) is 5.24. The maximum absolute atomic E-state index is 13.5. The number of rotatable bonds is 11. The summed E-state index contributed by atoms with van der Waals surface area (Å²) >= 11 is 0. The second kappa shape index (κ2) is 8.72. The Balaban J connectivity index is 7.11. The first-order valence-corrected chi connectivity index (χ1v) is 9.50. The Hall–Kier alpha value is -1.56. The van der Waals surface area contributed by atoms with Crippen LogP contribution in [0.3, 0.4) is 0 Å². The molecule has 0 saturated carbocycles. The molecule has 0 aromatic rings. The minimum absolute atomic E-state index is 0.212. The maximum atomic E-state index is 13.5. The lowest BCUT2D eigenvalue weighted by molar-refractivity contribution is -0.480. The SMILES string of the molecule is CCS(=O)(=O)OC(F)(F)C(F)(F)C(F)(F)C(F)(F)C(F)(F)C(F)(F)C(F)(F)C(F)(F)C(F)(F)C(F)(F)F. The molecule has 37 heavy (non-hydrogen) atoms. The molecule has 0 aromatic carbocycles. The molecule has 0 aliphatic rings. The number of alkyl halides is 21. The van der Waals surface area contributed by atoms with Crippen molar-refractivity contribution < 1.29 is 105 Å². The minimum Gasteiger partial charge on any atom is -0.199 e. The van der Waals surface area contributed by atoms with E-state index in [9.17, 15) is 101 Å². The van der Waals surface area contributed by atoms with Crippen LogP contribution in [0.4, 0.5) is 92.2 Å². The van der Waals surface area contributed by atoms with E-state index in [4.69, 9.17) is 0 Å². The molecule has 0 aromatic heterocycles. The Morgan fingerprint density at radius 1 is 0.432 bits per heavy atom. The zero-order valence-electron chi connectivity index (χ0n) is 16.3. The molecule has 0 aliphatic heterocycles. The first kappa shape index (κ1) is 35.4. The number of hydrogen-bond acceptors (Lipinski definition) is 3. The smallest absolute Gasteiger partial charge is 0.199 e. The first-order chi connectivity index (χ1) is 15.5. The van der Waals surface area contributed by atoms with Gasteiger partial charge in [0.2, 0.25) is 0 Å².